The highest BCUT2D eigenvalue weighted by molar-refractivity contribution is 7.94. The highest BCUT2D eigenvalue weighted by Crippen LogP contribution is 2.34. The minimum atomic E-state index is 0.457. The van der Waals surface area contributed by atoms with E-state index in [9.17, 15) is 0 Å². The fraction of sp³-hybridized carbons (Fsp3) is 0.625. The first-order valence-corrected chi connectivity index (χ1v) is 8.19. The first-order valence-electron chi connectivity index (χ1n) is 7.45. The lowest BCUT2D eigenvalue weighted by Crippen LogP contribution is -2.49. The molecule has 0 spiro atoms. The molecule has 1 saturated heterocycles. The minimum Gasteiger partial charge on any atom is -0.307 e. The summed E-state index contributed by atoms with van der Waals surface area (Å²) in [6, 6.07) is 9.36. The van der Waals surface area contributed by atoms with Crippen molar-refractivity contribution in [3.05, 3.63) is 29.8 Å². The molecule has 3 rings (SSSR count). The third-order valence-electron chi connectivity index (χ3n) is 4.28. The quantitative estimate of drug-likeness (QED) is 0.771. The number of likely N-dealkylation sites (tertiary alicyclic amines) is 1. The summed E-state index contributed by atoms with van der Waals surface area (Å²) in [6.07, 6.45) is 7.10. The summed E-state index contributed by atoms with van der Waals surface area (Å²) in [6.45, 7) is 4.73. The van der Waals surface area contributed by atoms with Crippen LogP contribution in [-0.2, 0) is 4.18 Å². The van der Waals surface area contributed by atoms with Crippen molar-refractivity contribution in [2.24, 2.45) is 0 Å². The number of piperidine rings is 1. The van der Waals surface area contributed by atoms with Crippen molar-refractivity contribution in [2.45, 2.75) is 56.1 Å². The summed E-state index contributed by atoms with van der Waals surface area (Å²) in [4.78, 5) is 3.88. The number of aryl methyl sites for hydroxylation is 1. The van der Waals surface area contributed by atoms with E-state index in [0.29, 0.717) is 6.10 Å². The largest absolute Gasteiger partial charge is 0.307 e. The third-order valence-corrected chi connectivity index (χ3v) is 5.11. The zero-order valence-corrected chi connectivity index (χ0v) is 12.5. The van der Waals surface area contributed by atoms with E-state index < -0.39 is 0 Å². The maximum Gasteiger partial charge on any atom is 0.0756 e. The van der Waals surface area contributed by atoms with Crippen LogP contribution in [-0.4, -0.2) is 30.1 Å². The van der Waals surface area contributed by atoms with Gasteiger partial charge < -0.3 is 9.08 Å². The van der Waals surface area contributed by atoms with E-state index in [4.69, 9.17) is 4.18 Å². The molecule has 2 fully saturated rings. The molecule has 104 valence electrons. The third kappa shape index (κ3) is 3.53. The molecule has 19 heavy (non-hydrogen) atoms. The van der Waals surface area contributed by atoms with Gasteiger partial charge in [0.15, 0.2) is 0 Å². The van der Waals surface area contributed by atoms with Gasteiger partial charge in [-0.1, -0.05) is 24.1 Å². The molecule has 1 heterocycles. The Hall–Kier alpha value is -0.510. The number of hydrogen-bond donors (Lipinski definition) is 0. The Balaban J connectivity index is 1.38. The topological polar surface area (TPSA) is 12.5 Å². The highest BCUT2D eigenvalue weighted by atomic mass is 32.2. The lowest BCUT2D eigenvalue weighted by atomic mass is 9.87. The highest BCUT2D eigenvalue weighted by Gasteiger charge is 2.35. The summed E-state index contributed by atoms with van der Waals surface area (Å²) in [5, 5.41) is 0. The fourth-order valence-electron chi connectivity index (χ4n) is 2.92. The maximum atomic E-state index is 5.91. The van der Waals surface area contributed by atoms with Crippen molar-refractivity contribution >= 4 is 12.0 Å². The lowest BCUT2D eigenvalue weighted by molar-refractivity contribution is 0.0192. The van der Waals surface area contributed by atoms with Gasteiger partial charge >= 0.3 is 0 Å². The Morgan fingerprint density at radius 2 is 1.74 bits per heavy atom. The summed E-state index contributed by atoms with van der Waals surface area (Å²) in [7, 11) is 0. The molecule has 1 aromatic rings. The van der Waals surface area contributed by atoms with Crippen molar-refractivity contribution in [1.29, 1.82) is 0 Å². The maximum absolute atomic E-state index is 5.91. The van der Waals surface area contributed by atoms with Gasteiger partial charge in [-0.2, -0.15) is 0 Å². The molecule has 0 unspecified atom stereocenters. The molecule has 0 aromatic heterocycles. The van der Waals surface area contributed by atoms with Crippen LogP contribution in [0.5, 0.6) is 0 Å². The Kier molecular flexibility index (Phi) is 4.46. The van der Waals surface area contributed by atoms with Crippen molar-refractivity contribution in [3.63, 3.8) is 0 Å². The van der Waals surface area contributed by atoms with E-state index in [1.165, 1.54) is 55.7 Å². The Morgan fingerprint density at radius 1 is 1.05 bits per heavy atom. The second-order valence-electron chi connectivity index (χ2n) is 5.84. The molecule has 1 aliphatic carbocycles. The first-order chi connectivity index (χ1) is 9.31. The predicted molar refractivity (Wildman–Crippen MR) is 80.4 cm³/mol. The molecule has 0 bridgehead atoms. The van der Waals surface area contributed by atoms with Crippen LogP contribution in [0, 0.1) is 6.92 Å². The van der Waals surface area contributed by atoms with Gasteiger partial charge in [-0.3, -0.25) is 0 Å². The van der Waals surface area contributed by atoms with E-state index in [1.54, 1.807) is 12.0 Å². The second-order valence-corrected chi connectivity index (χ2v) is 6.67. The van der Waals surface area contributed by atoms with Crippen molar-refractivity contribution in [3.8, 4) is 0 Å². The smallest absolute Gasteiger partial charge is 0.0756 e. The zero-order valence-electron chi connectivity index (χ0n) is 11.7. The van der Waals surface area contributed by atoms with E-state index >= 15 is 0 Å². The number of benzene rings is 1. The van der Waals surface area contributed by atoms with Gasteiger partial charge in [-0.15, -0.1) is 0 Å². The summed E-state index contributed by atoms with van der Waals surface area (Å²) < 4.78 is 5.91. The monoisotopic (exact) mass is 277 g/mol. The average molecular weight is 277 g/mol. The average Bonchev–Trinajstić information content (AvgIpc) is 2.40. The van der Waals surface area contributed by atoms with E-state index in [0.717, 1.165) is 6.04 Å². The van der Waals surface area contributed by atoms with Crippen molar-refractivity contribution < 1.29 is 4.18 Å². The van der Waals surface area contributed by atoms with Gasteiger partial charge in [0.1, 0.15) is 0 Å². The minimum absolute atomic E-state index is 0.457. The van der Waals surface area contributed by atoms with Crippen LogP contribution >= 0.6 is 12.0 Å². The second kappa shape index (κ2) is 6.29. The Labute approximate surface area is 120 Å². The SMILES string of the molecule is Cc1ccc(SOC2CC(N3CCCCC3)C2)cc1. The predicted octanol–water partition coefficient (Wildman–Crippen LogP) is 4.04. The lowest BCUT2D eigenvalue weighted by Gasteiger charge is -2.43. The normalized spacial score (nSPS) is 28.1. The Morgan fingerprint density at radius 3 is 2.42 bits per heavy atom. The van der Waals surface area contributed by atoms with Crippen molar-refractivity contribution in [2.75, 3.05) is 13.1 Å². The van der Waals surface area contributed by atoms with Gasteiger partial charge in [0.2, 0.25) is 0 Å². The first kappa shape index (κ1) is 13.5. The van der Waals surface area contributed by atoms with Crippen LogP contribution < -0.4 is 0 Å². The molecular weight excluding hydrogens is 254 g/mol. The van der Waals surface area contributed by atoms with Gasteiger partial charge in [0, 0.05) is 23.0 Å². The fourth-order valence-corrected chi connectivity index (χ4v) is 3.57. The number of nitrogens with zero attached hydrogens (tertiary/aromatic N) is 1. The molecule has 1 aromatic carbocycles. The molecule has 0 amide bonds. The molecule has 1 aliphatic heterocycles. The molecule has 3 heteroatoms. The van der Waals surface area contributed by atoms with E-state index in [1.807, 2.05) is 0 Å². The van der Waals surface area contributed by atoms with Crippen LogP contribution in [0.3, 0.4) is 0 Å². The van der Waals surface area contributed by atoms with Crippen molar-refractivity contribution in [1.82, 2.24) is 4.90 Å². The van der Waals surface area contributed by atoms with Crippen LogP contribution in [0.2, 0.25) is 0 Å². The summed E-state index contributed by atoms with van der Waals surface area (Å²) >= 11 is 1.54. The van der Waals surface area contributed by atoms with E-state index in [2.05, 4.69) is 36.1 Å². The molecule has 1 saturated carbocycles. The van der Waals surface area contributed by atoms with Crippen LogP contribution in [0.4, 0.5) is 0 Å². The molecule has 0 atom stereocenters. The number of hydrogen-bond acceptors (Lipinski definition) is 3. The summed E-state index contributed by atoms with van der Waals surface area (Å²) in [5.74, 6) is 0. The molecular formula is C16H23NOS. The van der Waals surface area contributed by atoms with Crippen LogP contribution in [0.25, 0.3) is 0 Å². The van der Waals surface area contributed by atoms with Crippen LogP contribution in [0.15, 0.2) is 29.2 Å². The Bertz CT molecular complexity index is 394. The summed E-state index contributed by atoms with van der Waals surface area (Å²) in [5.41, 5.74) is 1.30. The van der Waals surface area contributed by atoms with Gasteiger partial charge in [0.25, 0.3) is 0 Å². The molecule has 2 aliphatic rings. The molecule has 2 nitrogen and oxygen atoms in total. The molecule has 0 radical (unpaired) electrons. The van der Waals surface area contributed by atoms with Gasteiger partial charge in [-0.25, -0.2) is 0 Å². The zero-order chi connectivity index (χ0) is 13.1. The van der Waals surface area contributed by atoms with Gasteiger partial charge in [-0.05, 0) is 57.8 Å². The van der Waals surface area contributed by atoms with Crippen LogP contribution in [0.1, 0.15) is 37.7 Å². The van der Waals surface area contributed by atoms with Gasteiger partial charge in [0.05, 0.1) is 6.10 Å². The van der Waals surface area contributed by atoms with E-state index in [-0.39, 0.29) is 0 Å². The molecule has 0 N–H and O–H groups in total. The standard InChI is InChI=1S/C16H23NOS/c1-13-5-7-16(8-6-13)19-18-15-11-14(12-15)17-9-3-2-4-10-17/h5-8,14-15H,2-4,9-12H2,1H3. The number of rotatable bonds is 4.